The number of carbonyl (C=O) groups is 3. The van der Waals surface area contributed by atoms with Gasteiger partial charge in [0.25, 0.3) is 11.8 Å². The van der Waals surface area contributed by atoms with Gasteiger partial charge >= 0.3 is 5.97 Å². The average molecular weight is 414 g/mol. The summed E-state index contributed by atoms with van der Waals surface area (Å²) in [5.74, 6) is -1.44. The maximum absolute atomic E-state index is 12.7. The summed E-state index contributed by atoms with van der Waals surface area (Å²) in [6.07, 6.45) is 14.7. The minimum atomic E-state index is -0.925. The molecule has 1 aliphatic heterocycles. The number of carbonyl (C=O) groups excluding carboxylic acids is 3. The van der Waals surface area contributed by atoms with Gasteiger partial charge in [-0.25, -0.2) is 4.79 Å². The van der Waals surface area contributed by atoms with Crippen molar-refractivity contribution < 1.29 is 19.1 Å². The Morgan fingerprint density at radius 2 is 1.37 bits per heavy atom. The fraction of sp³-hybridized carbons (Fsp3) is 0.560. The zero-order valence-corrected chi connectivity index (χ0v) is 18.2. The van der Waals surface area contributed by atoms with E-state index in [0.717, 1.165) is 29.7 Å². The quantitative estimate of drug-likeness (QED) is 0.231. The van der Waals surface area contributed by atoms with Gasteiger partial charge in [-0.05, 0) is 12.0 Å². The lowest BCUT2D eigenvalue weighted by Gasteiger charge is -2.24. The van der Waals surface area contributed by atoms with E-state index in [1.807, 2.05) is 30.3 Å². The SMILES string of the molecule is CCCCCCCCCCCCOC(=O)[C@H](Cc1ccccc1)N1C(=O)C=CC1=O. The molecule has 164 valence electrons. The van der Waals surface area contributed by atoms with Crippen molar-refractivity contribution >= 4 is 17.8 Å². The molecule has 1 aromatic carbocycles. The summed E-state index contributed by atoms with van der Waals surface area (Å²) in [4.78, 5) is 37.9. The van der Waals surface area contributed by atoms with Gasteiger partial charge in [-0.15, -0.1) is 0 Å². The Balaban J connectivity index is 1.71. The molecule has 0 saturated carbocycles. The second-order valence-corrected chi connectivity index (χ2v) is 7.93. The first-order chi connectivity index (χ1) is 14.6. The van der Waals surface area contributed by atoms with Crippen molar-refractivity contribution in [2.75, 3.05) is 6.61 Å². The van der Waals surface area contributed by atoms with Crippen LogP contribution in [0.3, 0.4) is 0 Å². The van der Waals surface area contributed by atoms with Crippen molar-refractivity contribution in [3.8, 4) is 0 Å². The van der Waals surface area contributed by atoms with E-state index in [1.54, 1.807) is 0 Å². The molecule has 1 atom stereocenters. The normalized spacial score (nSPS) is 14.4. The molecule has 0 N–H and O–H groups in total. The van der Waals surface area contributed by atoms with Crippen LogP contribution in [0, 0.1) is 0 Å². The largest absolute Gasteiger partial charge is 0.464 e. The molecule has 0 fully saturated rings. The van der Waals surface area contributed by atoms with Crippen LogP contribution in [-0.4, -0.2) is 35.3 Å². The molecule has 5 nitrogen and oxygen atoms in total. The third-order valence-electron chi connectivity index (χ3n) is 5.44. The van der Waals surface area contributed by atoms with Gasteiger partial charge in [0, 0.05) is 18.6 Å². The highest BCUT2D eigenvalue weighted by molar-refractivity contribution is 6.14. The van der Waals surface area contributed by atoms with Crippen LogP contribution in [-0.2, 0) is 25.5 Å². The Kier molecular flexibility index (Phi) is 10.9. The summed E-state index contributed by atoms with van der Waals surface area (Å²) in [7, 11) is 0. The lowest BCUT2D eigenvalue weighted by molar-refractivity contribution is -0.157. The highest BCUT2D eigenvalue weighted by Gasteiger charge is 2.36. The summed E-state index contributed by atoms with van der Waals surface area (Å²) >= 11 is 0. The van der Waals surface area contributed by atoms with Crippen molar-refractivity contribution in [1.29, 1.82) is 0 Å². The van der Waals surface area contributed by atoms with Crippen molar-refractivity contribution in [3.05, 3.63) is 48.0 Å². The van der Waals surface area contributed by atoms with Crippen molar-refractivity contribution in [3.63, 3.8) is 0 Å². The third kappa shape index (κ3) is 8.13. The predicted molar refractivity (Wildman–Crippen MR) is 118 cm³/mol. The van der Waals surface area contributed by atoms with Crippen LogP contribution < -0.4 is 0 Å². The summed E-state index contributed by atoms with van der Waals surface area (Å²) in [6.45, 7) is 2.55. The second kappa shape index (κ2) is 13.7. The van der Waals surface area contributed by atoms with Gasteiger partial charge in [0.2, 0.25) is 0 Å². The molecule has 0 bridgehead atoms. The third-order valence-corrected chi connectivity index (χ3v) is 5.44. The number of rotatable bonds is 15. The molecule has 0 radical (unpaired) electrons. The number of ether oxygens (including phenoxy) is 1. The van der Waals surface area contributed by atoms with E-state index in [4.69, 9.17) is 4.74 Å². The molecule has 5 heteroatoms. The number of esters is 1. The first-order valence-electron chi connectivity index (χ1n) is 11.4. The zero-order chi connectivity index (χ0) is 21.6. The average Bonchev–Trinajstić information content (AvgIpc) is 3.08. The molecule has 1 heterocycles. The molecule has 2 rings (SSSR count). The number of nitrogens with zero attached hydrogens (tertiary/aromatic N) is 1. The number of amides is 2. The minimum Gasteiger partial charge on any atom is -0.464 e. The van der Waals surface area contributed by atoms with E-state index in [1.165, 1.54) is 57.1 Å². The van der Waals surface area contributed by atoms with Crippen molar-refractivity contribution in [1.82, 2.24) is 4.90 Å². The van der Waals surface area contributed by atoms with Gasteiger partial charge in [0.05, 0.1) is 6.61 Å². The predicted octanol–water partition coefficient (Wildman–Crippen LogP) is 4.99. The summed E-state index contributed by atoms with van der Waals surface area (Å²) in [5, 5.41) is 0. The number of imide groups is 1. The maximum atomic E-state index is 12.7. The van der Waals surface area contributed by atoms with Crippen LogP contribution in [0.1, 0.15) is 76.7 Å². The van der Waals surface area contributed by atoms with Crippen LogP contribution >= 0.6 is 0 Å². The first-order valence-corrected chi connectivity index (χ1v) is 11.4. The summed E-state index contributed by atoms with van der Waals surface area (Å²) in [5.41, 5.74) is 0.880. The van der Waals surface area contributed by atoms with Crippen LogP contribution in [0.25, 0.3) is 0 Å². The Morgan fingerprint density at radius 1 is 0.833 bits per heavy atom. The Hall–Kier alpha value is -2.43. The Morgan fingerprint density at radius 3 is 1.93 bits per heavy atom. The lowest BCUT2D eigenvalue weighted by Crippen LogP contribution is -2.47. The number of benzene rings is 1. The standard InChI is InChI=1S/C25H35NO4/c1-2-3-4-5-6-7-8-9-10-14-19-30-25(29)22(20-21-15-12-11-13-16-21)26-23(27)17-18-24(26)28/h11-13,15-18,22H,2-10,14,19-20H2,1H3/t22-/m0/s1. The molecular weight excluding hydrogens is 378 g/mol. The van der Waals surface area contributed by atoms with Gasteiger partial charge < -0.3 is 4.74 Å². The smallest absolute Gasteiger partial charge is 0.329 e. The molecule has 1 aromatic rings. The lowest BCUT2D eigenvalue weighted by atomic mass is 10.0. The van der Waals surface area contributed by atoms with Gasteiger partial charge in [-0.2, -0.15) is 0 Å². The summed E-state index contributed by atoms with van der Waals surface area (Å²) < 4.78 is 5.44. The van der Waals surface area contributed by atoms with Gasteiger partial charge in [0.15, 0.2) is 0 Å². The molecule has 2 amide bonds. The van der Waals surface area contributed by atoms with Gasteiger partial charge in [0.1, 0.15) is 6.04 Å². The molecule has 1 aliphatic rings. The fourth-order valence-electron chi connectivity index (χ4n) is 3.69. The molecule has 0 saturated heterocycles. The number of hydrogen-bond acceptors (Lipinski definition) is 4. The van der Waals surface area contributed by atoms with Crippen LogP contribution in [0.2, 0.25) is 0 Å². The highest BCUT2D eigenvalue weighted by Crippen LogP contribution is 2.16. The second-order valence-electron chi connectivity index (χ2n) is 7.93. The number of unbranched alkanes of at least 4 members (excludes halogenated alkanes) is 9. The van der Waals surface area contributed by atoms with Crippen LogP contribution in [0.15, 0.2) is 42.5 Å². The van der Waals surface area contributed by atoms with E-state index < -0.39 is 23.8 Å². The highest BCUT2D eigenvalue weighted by atomic mass is 16.5. The zero-order valence-electron chi connectivity index (χ0n) is 18.2. The first kappa shape index (κ1) is 23.8. The monoisotopic (exact) mass is 413 g/mol. The van der Waals surface area contributed by atoms with Gasteiger partial charge in [-0.3, -0.25) is 14.5 Å². The van der Waals surface area contributed by atoms with Crippen molar-refractivity contribution in [2.45, 2.75) is 83.6 Å². The molecular formula is C25H35NO4. The summed E-state index contributed by atoms with van der Waals surface area (Å²) in [6, 6.07) is 8.45. The fourth-order valence-corrected chi connectivity index (χ4v) is 3.69. The van der Waals surface area contributed by atoms with E-state index in [-0.39, 0.29) is 6.42 Å². The van der Waals surface area contributed by atoms with Crippen molar-refractivity contribution in [2.24, 2.45) is 0 Å². The van der Waals surface area contributed by atoms with E-state index >= 15 is 0 Å². The van der Waals surface area contributed by atoms with Crippen LogP contribution in [0.5, 0.6) is 0 Å². The van der Waals surface area contributed by atoms with E-state index in [2.05, 4.69) is 6.92 Å². The Labute approximate surface area is 180 Å². The van der Waals surface area contributed by atoms with E-state index in [9.17, 15) is 14.4 Å². The molecule has 30 heavy (non-hydrogen) atoms. The van der Waals surface area contributed by atoms with E-state index in [0.29, 0.717) is 6.61 Å². The minimum absolute atomic E-state index is 0.261. The molecule has 0 aliphatic carbocycles. The topological polar surface area (TPSA) is 63.7 Å². The maximum Gasteiger partial charge on any atom is 0.329 e. The number of hydrogen-bond donors (Lipinski definition) is 0. The van der Waals surface area contributed by atoms with Gasteiger partial charge in [-0.1, -0.05) is 95.0 Å². The molecule has 0 aromatic heterocycles. The van der Waals surface area contributed by atoms with Crippen LogP contribution in [0.4, 0.5) is 0 Å². The molecule has 0 spiro atoms. The molecule has 0 unspecified atom stereocenters. The Bertz CT molecular complexity index is 680.